The molecular weight excluding hydrogens is 256 g/mol. The number of nitrogens with zero attached hydrogens (tertiary/aromatic N) is 2. The minimum atomic E-state index is -1.09. The largest absolute Gasteiger partial charge is 0.497 e. The van der Waals surface area contributed by atoms with Gasteiger partial charge in [-0.15, -0.1) is 0 Å². The second-order valence-electron chi connectivity index (χ2n) is 2.89. The van der Waals surface area contributed by atoms with Crippen molar-refractivity contribution in [3.63, 3.8) is 0 Å². The Kier molecular flexibility index (Phi) is 2.28. The molecule has 0 fully saturated rings. The van der Waals surface area contributed by atoms with Gasteiger partial charge in [-0.05, 0) is 11.3 Å². The van der Waals surface area contributed by atoms with E-state index in [0.717, 1.165) is 6.07 Å². The van der Waals surface area contributed by atoms with Gasteiger partial charge in [-0.25, -0.2) is 4.79 Å². The van der Waals surface area contributed by atoms with E-state index in [4.69, 9.17) is 0 Å². The fraction of sp³-hybridized carbons (Fsp3) is 0. The molecule has 0 unspecified atom stereocenters. The van der Waals surface area contributed by atoms with Crippen LogP contribution < -0.4 is 4.94 Å². The summed E-state index contributed by atoms with van der Waals surface area (Å²) in [6.07, 6.45) is 0. The van der Waals surface area contributed by atoms with Crippen molar-refractivity contribution in [1.29, 1.82) is 0 Å². The molecule has 0 bridgehead atoms. The normalized spacial score (nSPS) is 10.6. The summed E-state index contributed by atoms with van der Waals surface area (Å²) in [6, 6.07) is 0.773. The zero-order valence-corrected chi connectivity index (χ0v) is 8.59. The number of benzene rings is 1. The lowest BCUT2D eigenvalue weighted by atomic mass is 10.2. The predicted octanol–water partition coefficient (Wildman–Crippen LogP) is 1.38. The first-order chi connectivity index (χ1) is 7.91. The molecule has 1 aromatic heterocycles. The quantitative estimate of drug-likeness (QED) is 0.634. The third-order valence-corrected chi connectivity index (χ3v) is 2.78. The third kappa shape index (κ3) is 1.59. The summed E-state index contributed by atoms with van der Waals surface area (Å²) >= 11 is 0.395. The molecule has 1 N–H and O–H groups in total. The van der Waals surface area contributed by atoms with Crippen molar-refractivity contribution in [3.8, 4) is 5.75 Å². The number of nitro groups is 2. The number of nitro benzene ring substituents is 2. The molecule has 0 aliphatic heterocycles. The molecule has 0 radical (unpaired) electrons. The average Bonchev–Trinajstić information content (AvgIpc) is 2.55. The maximum Gasteiger partial charge on any atom is 0.396 e. The molecule has 0 saturated carbocycles. The van der Waals surface area contributed by atoms with Crippen LogP contribution in [0.15, 0.2) is 15.3 Å². The summed E-state index contributed by atoms with van der Waals surface area (Å²) in [5, 5.41) is 30.7. The second kappa shape index (κ2) is 3.52. The number of hydrogen-bond donors (Lipinski definition) is 1. The van der Waals surface area contributed by atoms with Gasteiger partial charge < -0.3 is 9.52 Å². The maximum atomic E-state index is 10.9. The molecule has 2 aromatic rings. The van der Waals surface area contributed by atoms with Gasteiger partial charge in [0.2, 0.25) is 0 Å². The summed E-state index contributed by atoms with van der Waals surface area (Å²) in [5.74, 6) is -1.09. The smallest absolute Gasteiger partial charge is 0.396 e. The summed E-state index contributed by atoms with van der Waals surface area (Å²) < 4.78 is 4.31. The van der Waals surface area contributed by atoms with Crippen molar-refractivity contribution < 1.29 is 19.4 Å². The lowest BCUT2D eigenvalue weighted by Gasteiger charge is -1.97. The number of phenols is 1. The Labute approximate surface area is 94.8 Å². The van der Waals surface area contributed by atoms with Crippen molar-refractivity contribution >= 4 is 33.0 Å². The highest BCUT2D eigenvalue weighted by Gasteiger charge is 2.31. The first kappa shape index (κ1) is 11.0. The van der Waals surface area contributed by atoms with Crippen LogP contribution in [0, 0.1) is 20.2 Å². The van der Waals surface area contributed by atoms with Crippen LogP contribution in [0.5, 0.6) is 5.75 Å². The molecule has 0 atom stereocenters. The molecule has 88 valence electrons. The molecule has 0 aliphatic rings. The topological polar surface area (TPSA) is 137 Å². The molecule has 0 spiro atoms. The second-order valence-corrected chi connectivity index (χ2v) is 3.83. The SMILES string of the molecule is O=c1oc2cc([N+](=O)[O-])c(O)c([N+](=O)[O-])c2s1. The Bertz CT molecular complexity index is 700. The van der Waals surface area contributed by atoms with E-state index in [2.05, 4.69) is 4.42 Å². The van der Waals surface area contributed by atoms with Crippen LogP contribution in [-0.4, -0.2) is 15.0 Å². The summed E-state index contributed by atoms with van der Waals surface area (Å²) in [6.45, 7) is 0. The van der Waals surface area contributed by atoms with Crippen LogP contribution in [0.2, 0.25) is 0 Å². The standard InChI is InChI=1S/C7H2N2O7S/c10-5-2(8(12)13)1-3-6(4(5)9(14)15)17-7(11)16-3/h1,10H. The highest BCUT2D eigenvalue weighted by atomic mass is 32.1. The molecule has 0 amide bonds. The number of aromatic hydroxyl groups is 1. The highest BCUT2D eigenvalue weighted by molar-refractivity contribution is 7.16. The number of rotatable bonds is 2. The van der Waals surface area contributed by atoms with E-state index in [-0.39, 0.29) is 10.3 Å². The minimum Gasteiger partial charge on any atom is -0.497 e. The lowest BCUT2D eigenvalue weighted by molar-refractivity contribution is -0.394. The van der Waals surface area contributed by atoms with Crippen molar-refractivity contribution in [2.75, 3.05) is 0 Å². The van der Waals surface area contributed by atoms with Gasteiger partial charge in [-0.2, -0.15) is 0 Å². The average molecular weight is 258 g/mol. The van der Waals surface area contributed by atoms with E-state index >= 15 is 0 Å². The van der Waals surface area contributed by atoms with Gasteiger partial charge in [0.1, 0.15) is 0 Å². The molecular formula is C7H2N2O7S. The van der Waals surface area contributed by atoms with Gasteiger partial charge >= 0.3 is 16.3 Å². The van der Waals surface area contributed by atoms with Gasteiger partial charge in [0.25, 0.3) is 5.75 Å². The molecule has 2 rings (SSSR count). The van der Waals surface area contributed by atoms with Gasteiger partial charge in [0.15, 0.2) is 10.3 Å². The number of phenolic OH excluding ortho intramolecular Hbond substituents is 1. The molecule has 17 heavy (non-hydrogen) atoms. The third-order valence-electron chi connectivity index (χ3n) is 1.93. The Morgan fingerprint density at radius 3 is 2.47 bits per heavy atom. The Morgan fingerprint density at radius 2 is 1.94 bits per heavy atom. The summed E-state index contributed by atoms with van der Waals surface area (Å²) in [7, 11) is 0. The number of fused-ring (bicyclic) bond motifs is 1. The number of hydrogen-bond acceptors (Lipinski definition) is 8. The fourth-order valence-electron chi connectivity index (χ4n) is 1.28. The van der Waals surface area contributed by atoms with Gasteiger partial charge in [-0.1, -0.05) is 0 Å². The van der Waals surface area contributed by atoms with Crippen LogP contribution in [0.3, 0.4) is 0 Å². The Hall–Kier alpha value is -2.49. The molecule has 1 aromatic carbocycles. The summed E-state index contributed by atoms with van der Waals surface area (Å²) in [5.41, 5.74) is -2.08. The summed E-state index contributed by atoms with van der Waals surface area (Å²) in [4.78, 5) is 29.3. The van der Waals surface area contributed by atoms with Gasteiger partial charge in [0.05, 0.1) is 15.9 Å². The van der Waals surface area contributed by atoms with Crippen molar-refractivity contribution in [3.05, 3.63) is 36.0 Å². The zero-order valence-electron chi connectivity index (χ0n) is 7.78. The zero-order chi connectivity index (χ0) is 12.7. The van der Waals surface area contributed by atoms with Crippen LogP contribution in [-0.2, 0) is 0 Å². The van der Waals surface area contributed by atoms with Crippen molar-refractivity contribution in [2.45, 2.75) is 0 Å². The maximum absolute atomic E-state index is 10.9. The first-order valence-electron chi connectivity index (χ1n) is 4.00. The van der Waals surface area contributed by atoms with Gasteiger partial charge in [0, 0.05) is 0 Å². The van der Waals surface area contributed by atoms with Gasteiger partial charge in [-0.3, -0.25) is 20.2 Å². The minimum absolute atomic E-state index is 0.233. The predicted molar refractivity (Wildman–Crippen MR) is 55.3 cm³/mol. The van der Waals surface area contributed by atoms with E-state index in [1.54, 1.807) is 0 Å². The van der Waals surface area contributed by atoms with E-state index in [0.29, 0.717) is 11.3 Å². The monoisotopic (exact) mass is 258 g/mol. The Morgan fingerprint density at radius 1 is 1.29 bits per heavy atom. The van der Waals surface area contributed by atoms with Crippen LogP contribution in [0.1, 0.15) is 0 Å². The fourth-order valence-corrected chi connectivity index (χ4v) is 2.05. The molecule has 9 nitrogen and oxygen atoms in total. The highest BCUT2D eigenvalue weighted by Crippen LogP contribution is 2.42. The Balaban J connectivity index is 2.99. The van der Waals surface area contributed by atoms with E-state index < -0.39 is 31.9 Å². The van der Waals surface area contributed by atoms with E-state index in [1.807, 2.05) is 0 Å². The van der Waals surface area contributed by atoms with E-state index in [1.165, 1.54) is 0 Å². The van der Waals surface area contributed by atoms with Crippen LogP contribution in [0.25, 0.3) is 10.3 Å². The molecule has 10 heteroatoms. The lowest BCUT2D eigenvalue weighted by Crippen LogP contribution is -1.94. The van der Waals surface area contributed by atoms with Crippen molar-refractivity contribution in [1.82, 2.24) is 0 Å². The molecule has 0 aliphatic carbocycles. The molecule has 0 saturated heterocycles. The van der Waals surface area contributed by atoms with Crippen molar-refractivity contribution in [2.24, 2.45) is 0 Å². The first-order valence-corrected chi connectivity index (χ1v) is 4.82. The van der Waals surface area contributed by atoms with Crippen LogP contribution in [0.4, 0.5) is 11.4 Å². The van der Waals surface area contributed by atoms with E-state index in [9.17, 15) is 30.1 Å². The molecule has 1 heterocycles. The van der Waals surface area contributed by atoms with Crippen LogP contribution >= 0.6 is 11.3 Å².